The maximum Gasteiger partial charge on any atom is 0.418 e. The Morgan fingerprint density at radius 1 is 1.50 bits per heavy atom. The molecule has 0 saturated heterocycles. The lowest BCUT2D eigenvalue weighted by Gasteiger charge is -2.13. The molecule has 0 unspecified atom stereocenters. The Bertz CT molecular complexity index is 506. The van der Waals surface area contributed by atoms with Gasteiger partial charge < -0.3 is 9.67 Å². The van der Waals surface area contributed by atoms with Crippen molar-refractivity contribution < 1.29 is 23.1 Å². The van der Waals surface area contributed by atoms with Crippen LogP contribution in [0, 0.1) is 0 Å². The minimum atomic E-state index is -4.89. The number of carboxylic acid groups (broad SMARTS) is 1. The molecule has 16 heavy (non-hydrogen) atoms. The normalized spacial score (nSPS) is 11.6. The van der Waals surface area contributed by atoms with Crippen molar-refractivity contribution in [2.75, 3.05) is 0 Å². The lowest BCUT2D eigenvalue weighted by atomic mass is 10.2. The first-order valence-corrected chi connectivity index (χ1v) is 4.24. The third-order valence-electron chi connectivity index (χ3n) is 1.88. The molecule has 0 saturated carbocycles. The molecule has 1 rings (SSSR count). The second kappa shape index (κ2) is 3.82. The highest BCUT2D eigenvalue weighted by atomic mass is 35.5. The Hall–Kier alpha value is -1.50. The fourth-order valence-electron chi connectivity index (χ4n) is 1.17. The molecule has 0 amide bonds. The molecule has 0 spiro atoms. The Morgan fingerprint density at radius 3 is 2.38 bits per heavy atom. The van der Waals surface area contributed by atoms with E-state index in [0.29, 0.717) is 10.6 Å². The maximum atomic E-state index is 12.5. The third kappa shape index (κ3) is 2.04. The van der Waals surface area contributed by atoms with Crippen molar-refractivity contribution in [2.45, 2.75) is 6.18 Å². The van der Waals surface area contributed by atoms with E-state index in [9.17, 15) is 22.8 Å². The summed E-state index contributed by atoms with van der Waals surface area (Å²) in [7, 11) is 0.910. The smallest absolute Gasteiger partial charge is 0.418 e. The number of rotatable bonds is 1. The number of aromatic nitrogens is 1. The van der Waals surface area contributed by atoms with E-state index in [1.54, 1.807) is 0 Å². The van der Waals surface area contributed by atoms with E-state index in [0.717, 1.165) is 7.05 Å². The van der Waals surface area contributed by atoms with Gasteiger partial charge in [0, 0.05) is 7.05 Å². The summed E-state index contributed by atoms with van der Waals surface area (Å²) in [6.45, 7) is 0. The fraction of sp³-hybridized carbons (Fsp3) is 0.250. The van der Waals surface area contributed by atoms with Gasteiger partial charge in [0.05, 0.1) is 5.56 Å². The van der Waals surface area contributed by atoms with Gasteiger partial charge in [-0.15, -0.1) is 0 Å². The molecule has 1 heterocycles. The van der Waals surface area contributed by atoms with Crippen LogP contribution >= 0.6 is 11.6 Å². The van der Waals surface area contributed by atoms with Crippen LogP contribution in [0.3, 0.4) is 0 Å². The second-order valence-electron chi connectivity index (χ2n) is 2.92. The van der Waals surface area contributed by atoms with Crippen molar-refractivity contribution in [2.24, 2.45) is 7.05 Å². The fourth-order valence-corrected chi connectivity index (χ4v) is 1.41. The summed E-state index contributed by atoms with van der Waals surface area (Å²) >= 11 is 5.28. The van der Waals surface area contributed by atoms with E-state index in [1.165, 1.54) is 0 Å². The summed E-state index contributed by atoms with van der Waals surface area (Å²) in [6.07, 6.45) is -4.89. The summed E-state index contributed by atoms with van der Waals surface area (Å²) in [5.74, 6) is -1.84. The van der Waals surface area contributed by atoms with Crippen LogP contribution in [0.25, 0.3) is 0 Å². The van der Waals surface area contributed by atoms with E-state index in [4.69, 9.17) is 16.7 Å². The molecule has 0 aliphatic carbocycles. The van der Waals surface area contributed by atoms with Gasteiger partial charge in [-0.2, -0.15) is 13.2 Å². The van der Waals surface area contributed by atoms with Crippen LogP contribution in [0.4, 0.5) is 13.2 Å². The zero-order valence-electron chi connectivity index (χ0n) is 7.80. The molecule has 1 aromatic heterocycles. The molecule has 0 bridgehead atoms. The van der Waals surface area contributed by atoms with Gasteiger partial charge in [0.15, 0.2) is 0 Å². The summed E-state index contributed by atoms with van der Waals surface area (Å²) in [4.78, 5) is 21.8. The number of aromatic carboxylic acids is 1. The molecule has 88 valence electrons. The topological polar surface area (TPSA) is 59.3 Å². The number of carbonyl (C=O) groups is 1. The Morgan fingerprint density at radius 2 is 2.00 bits per heavy atom. The molecule has 0 aliphatic heterocycles. The SMILES string of the molecule is Cn1c(C(=O)O)c(C(F)(F)F)cc(Cl)c1=O. The van der Waals surface area contributed by atoms with E-state index < -0.39 is 34.0 Å². The van der Waals surface area contributed by atoms with Crippen LogP contribution in [0.15, 0.2) is 10.9 Å². The number of carboxylic acids is 1. The van der Waals surface area contributed by atoms with Gasteiger partial charge in [-0.25, -0.2) is 4.79 Å². The molecular formula is C8H5ClF3NO3. The van der Waals surface area contributed by atoms with Crippen molar-refractivity contribution in [1.82, 2.24) is 4.57 Å². The Balaban J connectivity index is 3.74. The lowest BCUT2D eigenvalue weighted by Crippen LogP contribution is -2.28. The van der Waals surface area contributed by atoms with E-state index in [-0.39, 0.29) is 0 Å². The number of pyridine rings is 1. The van der Waals surface area contributed by atoms with E-state index >= 15 is 0 Å². The summed E-state index contributed by atoms with van der Waals surface area (Å²) in [5, 5.41) is 7.94. The van der Waals surface area contributed by atoms with Crippen LogP contribution in [-0.2, 0) is 13.2 Å². The predicted molar refractivity (Wildman–Crippen MR) is 48.7 cm³/mol. The third-order valence-corrected chi connectivity index (χ3v) is 2.15. The Labute approximate surface area is 91.9 Å². The van der Waals surface area contributed by atoms with Crippen LogP contribution < -0.4 is 5.56 Å². The number of hydrogen-bond donors (Lipinski definition) is 1. The highest BCUT2D eigenvalue weighted by molar-refractivity contribution is 6.30. The lowest BCUT2D eigenvalue weighted by molar-refractivity contribution is -0.138. The number of nitrogens with zero attached hydrogens (tertiary/aromatic N) is 1. The Kier molecular flexibility index (Phi) is 3.00. The molecule has 8 heteroatoms. The van der Waals surface area contributed by atoms with Crippen molar-refractivity contribution in [3.63, 3.8) is 0 Å². The average molecular weight is 256 g/mol. The summed E-state index contributed by atoms with van der Waals surface area (Å²) in [6, 6.07) is 0.313. The molecule has 0 radical (unpaired) electrons. The molecule has 0 aliphatic rings. The molecule has 0 fully saturated rings. The monoisotopic (exact) mass is 255 g/mol. The van der Waals surface area contributed by atoms with E-state index in [2.05, 4.69) is 0 Å². The predicted octanol–water partition coefficient (Wildman–Crippen LogP) is 1.76. The van der Waals surface area contributed by atoms with Crippen LogP contribution in [0.1, 0.15) is 16.1 Å². The largest absolute Gasteiger partial charge is 0.477 e. The molecule has 1 N–H and O–H groups in total. The van der Waals surface area contributed by atoms with Crippen LogP contribution in [-0.4, -0.2) is 15.6 Å². The van der Waals surface area contributed by atoms with Crippen molar-refractivity contribution in [3.05, 3.63) is 32.7 Å². The molecule has 0 atom stereocenters. The molecule has 0 aromatic carbocycles. The quantitative estimate of drug-likeness (QED) is 0.832. The van der Waals surface area contributed by atoms with Gasteiger partial charge in [0.25, 0.3) is 5.56 Å². The number of hydrogen-bond acceptors (Lipinski definition) is 2. The number of halogens is 4. The highest BCUT2D eigenvalue weighted by Gasteiger charge is 2.37. The number of alkyl halides is 3. The minimum absolute atomic E-state index is 0.313. The van der Waals surface area contributed by atoms with Gasteiger partial charge >= 0.3 is 12.1 Å². The van der Waals surface area contributed by atoms with Crippen molar-refractivity contribution in [1.29, 1.82) is 0 Å². The zero-order valence-corrected chi connectivity index (χ0v) is 8.56. The summed E-state index contributed by atoms with van der Waals surface area (Å²) in [5.41, 5.74) is -3.58. The van der Waals surface area contributed by atoms with Gasteiger partial charge in [0.1, 0.15) is 10.7 Å². The minimum Gasteiger partial charge on any atom is -0.477 e. The first-order valence-electron chi connectivity index (χ1n) is 3.86. The van der Waals surface area contributed by atoms with Gasteiger partial charge in [-0.3, -0.25) is 4.79 Å². The molecular weight excluding hydrogens is 251 g/mol. The summed E-state index contributed by atoms with van der Waals surface area (Å²) < 4.78 is 37.7. The standard InChI is InChI=1S/C8H5ClF3NO3/c1-13-5(7(15)16)3(8(10,11)12)2-4(9)6(13)14/h2H,1H3,(H,15,16). The van der Waals surface area contributed by atoms with Gasteiger partial charge in [-0.05, 0) is 6.07 Å². The first kappa shape index (κ1) is 12.6. The first-order chi connectivity index (χ1) is 7.16. The zero-order chi connectivity index (χ0) is 12.7. The molecule has 1 aromatic rings. The second-order valence-corrected chi connectivity index (χ2v) is 3.33. The van der Waals surface area contributed by atoms with E-state index in [1.807, 2.05) is 0 Å². The molecule has 4 nitrogen and oxygen atoms in total. The van der Waals surface area contributed by atoms with Gasteiger partial charge in [-0.1, -0.05) is 11.6 Å². The highest BCUT2D eigenvalue weighted by Crippen LogP contribution is 2.32. The van der Waals surface area contributed by atoms with Crippen LogP contribution in [0.5, 0.6) is 0 Å². The maximum absolute atomic E-state index is 12.5. The van der Waals surface area contributed by atoms with Crippen molar-refractivity contribution >= 4 is 17.6 Å². The van der Waals surface area contributed by atoms with Crippen LogP contribution in [0.2, 0.25) is 5.02 Å². The average Bonchev–Trinajstić information content (AvgIpc) is 2.11. The van der Waals surface area contributed by atoms with Gasteiger partial charge in [0.2, 0.25) is 0 Å². The van der Waals surface area contributed by atoms with Crippen molar-refractivity contribution in [3.8, 4) is 0 Å².